The molecule has 4 heteroatoms. The summed E-state index contributed by atoms with van der Waals surface area (Å²) in [5, 5.41) is 20.6. The highest BCUT2D eigenvalue weighted by molar-refractivity contribution is 5.80. The van der Waals surface area contributed by atoms with E-state index in [9.17, 15) is 4.79 Å². The average molecular weight is 199 g/mol. The molecule has 80 valence electrons. The first-order chi connectivity index (χ1) is 6.58. The van der Waals surface area contributed by atoms with Crippen LogP contribution in [0, 0.1) is 5.41 Å². The molecule has 0 spiro atoms. The molecule has 1 rings (SSSR count). The van der Waals surface area contributed by atoms with Gasteiger partial charge < -0.3 is 15.5 Å². The molecule has 0 saturated heterocycles. The maximum Gasteiger partial charge on any atom is 0.328 e. The van der Waals surface area contributed by atoms with E-state index in [1.807, 2.05) is 0 Å². The van der Waals surface area contributed by atoms with E-state index in [0.717, 1.165) is 25.0 Å². The number of carboxylic acid groups (broad SMARTS) is 1. The van der Waals surface area contributed by atoms with E-state index in [1.54, 1.807) is 6.92 Å². The fourth-order valence-corrected chi connectivity index (χ4v) is 1.35. The Labute approximate surface area is 83.6 Å². The van der Waals surface area contributed by atoms with Gasteiger partial charge in [0, 0.05) is 31.2 Å². The van der Waals surface area contributed by atoms with E-state index in [-0.39, 0.29) is 12.0 Å². The van der Waals surface area contributed by atoms with Crippen molar-refractivity contribution in [3.05, 3.63) is 11.6 Å². The summed E-state index contributed by atoms with van der Waals surface area (Å²) in [6.45, 7) is 3.35. The van der Waals surface area contributed by atoms with Gasteiger partial charge >= 0.3 is 5.97 Å². The molecule has 0 bridgehead atoms. The lowest BCUT2D eigenvalue weighted by molar-refractivity contribution is -0.131. The van der Waals surface area contributed by atoms with Crippen LogP contribution in [0.5, 0.6) is 0 Å². The van der Waals surface area contributed by atoms with Gasteiger partial charge in [-0.3, -0.25) is 0 Å². The molecule has 0 atom stereocenters. The number of hydrogen-bond donors (Lipinski definition) is 3. The quantitative estimate of drug-likeness (QED) is 0.541. The third kappa shape index (κ3) is 3.47. The normalized spacial score (nSPS) is 19.4. The van der Waals surface area contributed by atoms with Crippen LogP contribution < -0.4 is 5.32 Å². The van der Waals surface area contributed by atoms with Crippen LogP contribution in [0.15, 0.2) is 11.6 Å². The van der Waals surface area contributed by atoms with Crippen LogP contribution in [-0.4, -0.2) is 35.9 Å². The molecular weight excluding hydrogens is 182 g/mol. The van der Waals surface area contributed by atoms with Crippen LogP contribution in [0.4, 0.5) is 0 Å². The molecule has 0 aromatic rings. The van der Waals surface area contributed by atoms with E-state index >= 15 is 0 Å². The molecule has 4 nitrogen and oxygen atoms in total. The largest absolute Gasteiger partial charge is 0.478 e. The Kier molecular flexibility index (Phi) is 3.66. The molecule has 1 aliphatic rings. The smallest absolute Gasteiger partial charge is 0.328 e. The summed E-state index contributed by atoms with van der Waals surface area (Å²) in [6.07, 6.45) is 3.34. The van der Waals surface area contributed by atoms with Crippen LogP contribution >= 0.6 is 0 Å². The van der Waals surface area contributed by atoms with Crippen molar-refractivity contribution in [3.8, 4) is 0 Å². The van der Waals surface area contributed by atoms with Crippen molar-refractivity contribution in [2.24, 2.45) is 5.41 Å². The third-order valence-corrected chi connectivity index (χ3v) is 2.57. The van der Waals surface area contributed by atoms with Gasteiger partial charge in [-0.1, -0.05) is 5.57 Å². The van der Waals surface area contributed by atoms with Crippen molar-refractivity contribution in [2.75, 3.05) is 19.7 Å². The monoisotopic (exact) mass is 199 g/mol. The predicted octanol–water partition coefficient (Wildman–Crippen LogP) is 0.379. The van der Waals surface area contributed by atoms with Gasteiger partial charge in [-0.2, -0.15) is 0 Å². The lowest BCUT2D eigenvalue weighted by Crippen LogP contribution is -2.27. The summed E-state index contributed by atoms with van der Waals surface area (Å²) in [5.41, 5.74) is 0.884. The fourth-order valence-electron chi connectivity index (χ4n) is 1.35. The molecule has 0 unspecified atom stereocenters. The highest BCUT2D eigenvalue weighted by atomic mass is 16.4. The number of aliphatic carboxylic acids is 1. The molecule has 3 N–H and O–H groups in total. The summed E-state index contributed by atoms with van der Waals surface area (Å²) in [4.78, 5) is 10.3. The summed E-state index contributed by atoms with van der Waals surface area (Å²) in [5.74, 6) is -0.910. The minimum atomic E-state index is -0.910. The maximum atomic E-state index is 10.3. The van der Waals surface area contributed by atoms with E-state index < -0.39 is 5.97 Å². The van der Waals surface area contributed by atoms with E-state index in [1.165, 1.54) is 6.08 Å². The van der Waals surface area contributed by atoms with Crippen molar-refractivity contribution in [1.29, 1.82) is 0 Å². The Morgan fingerprint density at radius 1 is 1.57 bits per heavy atom. The van der Waals surface area contributed by atoms with Crippen LogP contribution in [0.3, 0.4) is 0 Å². The number of aliphatic hydroxyl groups excluding tert-OH is 1. The molecule has 0 aromatic heterocycles. The van der Waals surface area contributed by atoms with Gasteiger partial charge in [0.15, 0.2) is 0 Å². The Morgan fingerprint density at radius 2 is 2.21 bits per heavy atom. The van der Waals surface area contributed by atoms with Gasteiger partial charge in [0.1, 0.15) is 0 Å². The number of rotatable bonds is 6. The third-order valence-electron chi connectivity index (χ3n) is 2.57. The van der Waals surface area contributed by atoms with Crippen molar-refractivity contribution >= 4 is 5.97 Å². The Hall–Kier alpha value is -0.870. The molecule has 0 radical (unpaired) electrons. The molecule has 0 aromatic carbocycles. The molecular formula is C10H17NO3. The van der Waals surface area contributed by atoms with Crippen LogP contribution in [0.25, 0.3) is 0 Å². The van der Waals surface area contributed by atoms with E-state index in [2.05, 4.69) is 5.32 Å². The van der Waals surface area contributed by atoms with Crippen molar-refractivity contribution in [2.45, 2.75) is 19.8 Å². The lowest BCUT2D eigenvalue weighted by atomic mass is 10.1. The predicted molar refractivity (Wildman–Crippen MR) is 53.0 cm³/mol. The zero-order chi connectivity index (χ0) is 10.6. The lowest BCUT2D eigenvalue weighted by Gasteiger charge is -2.12. The molecule has 1 fully saturated rings. The summed E-state index contributed by atoms with van der Waals surface area (Å²) < 4.78 is 0. The van der Waals surface area contributed by atoms with Gasteiger partial charge in [0.2, 0.25) is 0 Å². The van der Waals surface area contributed by atoms with Crippen LogP contribution in [0.2, 0.25) is 0 Å². The Balaban J connectivity index is 2.18. The standard InChI is InChI=1S/C10H17NO3/c1-8(4-9(13)14)5-11-6-10(7-12)2-3-10/h4,11-12H,2-3,5-7H2,1H3,(H,13,14). The average Bonchev–Trinajstić information content (AvgIpc) is 2.84. The highest BCUT2D eigenvalue weighted by Crippen LogP contribution is 2.44. The molecule has 14 heavy (non-hydrogen) atoms. The van der Waals surface area contributed by atoms with Gasteiger partial charge in [-0.15, -0.1) is 0 Å². The SMILES string of the molecule is CC(=CC(=O)O)CNCC1(CO)CC1. The summed E-state index contributed by atoms with van der Waals surface area (Å²) >= 11 is 0. The van der Waals surface area contributed by atoms with E-state index in [4.69, 9.17) is 10.2 Å². The minimum Gasteiger partial charge on any atom is -0.478 e. The van der Waals surface area contributed by atoms with Gasteiger partial charge in [-0.25, -0.2) is 4.79 Å². The molecule has 1 aliphatic carbocycles. The first-order valence-electron chi connectivity index (χ1n) is 4.80. The number of nitrogens with one attached hydrogen (secondary N) is 1. The Bertz CT molecular complexity index is 244. The second kappa shape index (κ2) is 4.57. The minimum absolute atomic E-state index is 0.0868. The van der Waals surface area contributed by atoms with Gasteiger partial charge in [0.05, 0.1) is 0 Å². The molecule has 1 saturated carbocycles. The fraction of sp³-hybridized carbons (Fsp3) is 0.700. The number of aliphatic hydroxyl groups is 1. The highest BCUT2D eigenvalue weighted by Gasteiger charge is 2.41. The zero-order valence-electron chi connectivity index (χ0n) is 8.42. The molecule has 0 aliphatic heterocycles. The first-order valence-corrected chi connectivity index (χ1v) is 4.80. The Morgan fingerprint density at radius 3 is 2.64 bits per heavy atom. The topological polar surface area (TPSA) is 69.6 Å². The molecule has 0 heterocycles. The number of hydrogen-bond acceptors (Lipinski definition) is 3. The van der Waals surface area contributed by atoms with Crippen molar-refractivity contribution in [3.63, 3.8) is 0 Å². The number of carboxylic acids is 1. The second-order valence-electron chi connectivity index (χ2n) is 4.09. The van der Waals surface area contributed by atoms with Gasteiger partial charge in [-0.05, 0) is 19.8 Å². The van der Waals surface area contributed by atoms with Crippen molar-refractivity contribution in [1.82, 2.24) is 5.32 Å². The van der Waals surface area contributed by atoms with Crippen LogP contribution in [-0.2, 0) is 4.79 Å². The van der Waals surface area contributed by atoms with Gasteiger partial charge in [0.25, 0.3) is 0 Å². The maximum absolute atomic E-state index is 10.3. The zero-order valence-corrected chi connectivity index (χ0v) is 8.42. The summed E-state index contributed by atoms with van der Waals surface area (Å²) in [6, 6.07) is 0. The first kappa shape index (κ1) is 11.2. The van der Waals surface area contributed by atoms with Crippen LogP contribution in [0.1, 0.15) is 19.8 Å². The second-order valence-corrected chi connectivity index (χ2v) is 4.09. The number of carbonyl (C=O) groups is 1. The van der Waals surface area contributed by atoms with E-state index in [0.29, 0.717) is 6.54 Å². The summed E-state index contributed by atoms with van der Waals surface area (Å²) in [7, 11) is 0. The molecule has 0 amide bonds. The van der Waals surface area contributed by atoms with Crippen molar-refractivity contribution < 1.29 is 15.0 Å².